The Morgan fingerprint density at radius 2 is 1.52 bits per heavy atom. The van der Waals surface area contributed by atoms with Crippen LogP contribution >= 0.6 is 23.2 Å². The molecule has 4 heteroatoms. The first-order valence-electron chi connectivity index (χ1n) is 7.17. The molecule has 116 valence electrons. The fraction of sp³-hybridized carbons (Fsp3) is 0.105. The first-order valence-corrected chi connectivity index (χ1v) is 7.93. The summed E-state index contributed by atoms with van der Waals surface area (Å²) in [5.74, 6) is 0.599. The third kappa shape index (κ3) is 3.05. The normalized spacial score (nSPS) is 10.6. The number of benzene rings is 2. The van der Waals surface area contributed by atoms with Crippen molar-refractivity contribution in [3.8, 4) is 28.3 Å². The van der Waals surface area contributed by atoms with Gasteiger partial charge in [-0.3, -0.25) is 0 Å². The number of hydrogen-bond donors (Lipinski definition) is 0. The number of pyridine rings is 1. The van der Waals surface area contributed by atoms with Gasteiger partial charge in [-0.1, -0.05) is 65.7 Å². The van der Waals surface area contributed by atoms with Gasteiger partial charge in [-0.05, 0) is 19.1 Å². The van der Waals surface area contributed by atoms with Gasteiger partial charge in [-0.15, -0.1) is 0 Å². The van der Waals surface area contributed by atoms with Crippen LogP contribution in [0.15, 0.2) is 54.6 Å². The van der Waals surface area contributed by atoms with Crippen LogP contribution in [0.4, 0.5) is 0 Å². The average molecular weight is 344 g/mol. The number of halogens is 2. The summed E-state index contributed by atoms with van der Waals surface area (Å²) in [7, 11) is 1.61. The van der Waals surface area contributed by atoms with Crippen LogP contribution in [-0.2, 0) is 0 Å². The number of hydrogen-bond acceptors (Lipinski definition) is 2. The topological polar surface area (TPSA) is 22.1 Å². The summed E-state index contributed by atoms with van der Waals surface area (Å²) in [6.07, 6.45) is 0. The van der Waals surface area contributed by atoms with Gasteiger partial charge in [0.2, 0.25) is 5.88 Å². The Labute approximate surface area is 145 Å². The fourth-order valence-electron chi connectivity index (χ4n) is 2.48. The van der Waals surface area contributed by atoms with Gasteiger partial charge in [0, 0.05) is 27.3 Å². The van der Waals surface area contributed by atoms with E-state index in [-0.39, 0.29) is 0 Å². The zero-order valence-electron chi connectivity index (χ0n) is 12.8. The van der Waals surface area contributed by atoms with Crippen LogP contribution < -0.4 is 4.74 Å². The summed E-state index contributed by atoms with van der Waals surface area (Å²) in [4.78, 5) is 4.54. The second-order valence-corrected chi connectivity index (χ2v) is 5.95. The standard InChI is InChI=1S/C19H15Cl2NO/c1-12-10-11-17(22-19(12)23-2)15-8-5-7-14(18(15)21)13-6-3-4-9-16(13)20/h3-11H,1-2H3. The Kier molecular flexibility index (Phi) is 4.56. The van der Waals surface area contributed by atoms with Gasteiger partial charge in [-0.2, -0.15) is 0 Å². The lowest BCUT2D eigenvalue weighted by atomic mass is 10.0. The molecule has 1 aromatic heterocycles. The van der Waals surface area contributed by atoms with Crippen LogP contribution in [0.1, 0.15) is 5.56 Å². The molecular weight excluding hydrogens is 329 g/mol. The lowest BCUT2D eigenvalue weighted by Gasteiger charge is -2.12. The van der Waals surface area contributed by atoms with E-state index in [1.165, 1.54) is 0 Å². The Balaban J connectivity index is 2.16. The molecule has 0 spiro atoms. The Morgan fingerprint density at radius 3 is 2.26 bits per heavy atom. The van der Waals surface area contributed by atoms with E-state index in [0.29, 0.717) is 15.9 Å². The van der Waals surface area contributed by atoms with Gasteiger partial charge in [0.25, 0.3) is 0 Å². The van der Waals surface area contributed by atoms with Crippen molar-refractivity contribution < 1.29 is 4.74 Å². The minimum atomic E-state index is 0.599. The van der Waals surface area contributed by atoms with Gasteiger partial charge >= 0.3 is 0 Å². The van der Waals surface area contributed by atoms with Crippen LogP contribution in [0.25, 0.3) is 22.4 Å². The lowest BCUT2D eigenvalue weighted by Crippen LogP contribution is -1.94. The highest BCUT2D eigenvalue weighted by atomic mass is 35.5. The van der Waals surface area contributed by atoms with Crippen LogP contribution in [0.2, 0.25) is 10.0 Å². The van der Waals surface area contributed by atoms with Crippen LogP contribution in [-0.4, -0.2) is 12.1 Å². The molecule has 0 saturated heterocycles. The summed E-state index contributed by atoms with van der Waals surface area (Å²) in [5, 5.41) is 1.29. The quantitative estimate of drug-likeness (QED) is 0.578. The number of aromatic nitrogens is 1. The van der Waals surface area contributed by atoms with Crippen molar-refractivity contribution in [2.24, 2.45) is 0 Å². The van der Waals surface area contributed by atoms with E-state index in [1.807, 2.05) is 61.5 Å². The van der Waals surface area contributed by atoms with E-state index in [1.54, 1.807) is 7.11 Å². The minimum Gasteiger partial charge on any atom is -0.481 e. The number of aryl methyl sites for hydroxylation is 1. The second-order valence-electron chi connectivity index (χ2n) is 5.17. The predicted molar refractivity (Wildman–Crippen MR) is 96.4 cm³/mol. The average Bonchev–Trinajstić information content (AvgIpc) is 2.57. The van der Waals surface area contributed by atoms with Gasteiger partial charge in [0.15, 0.2) is 0 Å². The van der Waals surface area contributed by atoms with Crippen molar-refractivity contribution in [2.75, 3.05) is 7.11 Å². The number of ether oxygens (including phenoxy) is 1. The molecule has 23 heavy (non-hydrogen) atoms. The van der Waals surface area contributed by atoms with E-state index in [2.05, 4.69) is 4.98 Å². The van der Waals surface area contributed by atoms with E-state index in [0.717, 1.165) is 27.9 Å². The summed E-state index contributed by atoms with van der Waals surface area (Å²) in [6, 6.07) is 17.4. The van der Waals surface area contributed by atoms with Gasteiger partial charge in [-0.25, -0.2) is 4.98 Å². The van der Waals surface area contributed by atoms with Crippen LogP contribution in [0, 0.1) is 6.92 Å². The zero-order valence-corrected chi connectivity index (χ0v) is 14.3. The maximum Gasteiger partial charge on any atom is 0.216 e. The Morgan fingerprint density at radius 1 is 0.826 bits per heavy atom. The maximum absolute atomic E-state index is 6.65. The van der Waals surface area contributed by atoms with Crippen molar-refractivity contribution in [1.82, 2.24) is 4.98 Å². The summed E-state index contributed by atoms with van der Waals surface area (Å²) in [6.45, 7) is 1.96. The molecule has 0 atom stereocenters. The molecule has 2 aromatic carbocycles. The summed E-state index contributed by atoms with van der Waals surface area (Å²) < 4.78 is 5.31. The Hall–Kier alpha value is -2.03. The molecule has 0 aliphatic rings. The smallest absolute Gasteiger partial charge is 0.216 e. The van der Waals surface area contributed by atoms with Crippen molar-refractivity contribution >= 4 is 23.2 Å². The molecule has 2 nitrogen and oxygen atoms in total. The molecule has 1 heterocycles. The summed E-state index contributed by atoms with van der Waals surface area (Å²) >= 11 is 12.9. The largest absolute Gasteiger partial charge is 0.481 e. The van der Waals surface area contributed by atoms with Gasteiger partial charge < -0.3 is 4.74 Å². The van der Waals surface area contributed by atoms with E-state index in [9.17, 15) is 0 Å². The first-order chi connectivity index (χ1) is 11.1. The molecule has 0 radical (unpaired) electrons. The molecule has 0 unspecified atom stereocenters. The molecule has 0 aliphatic carbocycles. The molecule has 0 aliphatic heterocycles. The number of rotatable bonds is 3. The predicted octanol–water partition coefficient (Wildman–Crippen LogP) is 6.04. The van der Waals surface area contributed by atoms with E-state index >= 15 is 0 Å². The molecule has 0 N–H and O–H groups in total. The molecule has 3 rings (SSSR count). The van der Waals surface area contributed by atoms with Crippen molar-refractivity contribution in [2.45, 2.75) is 6.92 Å². The highest BCUT2D eigenvalue weighted by Crippen LogP contribution is 2.38. The molecule has 0 amide bonds. The van der Waals surface area contributed by atoms with Crippen molar-refractivity contribution in [3.05, 3.63) is 70.2 Å². The maximum atomic E-state index is 6.65. The third-order valence-corrected chi connectivity index (χ3v) is 4.42. The minimum absolute atomic E-state index is 0.599. The van der Waals surface area contributed by atoms with E-state index < -0.39 is 0 Å². The van der Waals surface area contributed by atoms with Gasteiger partial charge in [0.05, 0.1) is 17.8 Å². The second kappa shape index (κ2) is 6.61. The number of methoxy groups -OCH3 is 1. The molecule has 0 fully saturated rings. The molecular formula is C19H15Cl2NO. The van der Waals surface area contributed by atoms with Crippen molar-refractivity contribution in [1.29, 1.82) is 0 Å². The zero-order chi connectivity index (χ0) is 16.4. The Bertz CT molecular complexity index is 862. The van der Waals surface area contributed by atoms with Crippen LogP contribution in [0.5, 0.6) is 5.88 Å². The fourth-order valence-corrected chi connectivity index (χ4v) is 3.05. The monoisotopic (exact) mass is 343 g/mol. The first kappa shape index (κ1) is 15.9. The van der Waals surface area contributed by atoms with Gasteiger partial charge in [0.1, 0.15) is 0 Å². The molecule has 0 bridgehead atoms. The lowest BCUT2D eigenvalue weighted by molar-refractivity contribution is 0.395. The molecule has 0 saturated carbocycles. The summed E-state index contributed by atoms with van der Waals surface area (Å²) in [5.41, 5.74) is 4.39. The van der Waals surface area contributed by atoms with Crippen molar-refractivity contribution in [3.63, 3.8) is 0 Å². The molecule has 3 aromatic rings. The number of nitrogens with zero attached hydrogens (tertiary/aromatic N) is 1. The highest BCUT2D eigenvalue weighted by Gasteiger charge is 2.13. The van der Waals surface area contributed by atoms with Crippen LogP contribution in [0.3, 0.4) is 0 Å². The SMILES string of the molecule is COc1nc(-c2cccc(-c3ccccc3Cl)c2Cl)ccc1C. The third-order valence-electron chi connectivity index (χ3n) is 3.68. The highest BCUT2D eigenvalue weighted by molar-refractivity contribution is 6.38. The van der Waals surface area contributed by atoms with E-state index in [4.69, 9.17) is 27.9 Å².